The fraction of sp³-hybridized carbons (Fsp3) is 0. The maximum Gasteiger partial charge on any atom is 0.337 e. The number of carbonyl (C=O) groups is 3. The molecule has 4 aromatic rings. The summed E-state index contributed by atoms with van der Waals surface area (Å²) in [6, 6.07) is 13.1. The number of aromatic nitrogens is 2. The van der Waals surface area contributed by atoms with Crippen molar-refractivity contribution in [1.29, 1.82) is 0 Å². The quantitative estimate of drug-likeness (QED) is 0.378. The van der Waals surface area contributed by atoms with Gasteiger partial charge >= 0.3 is 5.97 Å². The minimum absolute atomic E-state index is 0.00464. The van der Waals surface area contributed by atoms with Crippen molar-refractivity contribution in [3.63, 3.8) is 0 Å². The van der Waals surface area contributed by atoms with E-state index in [9.17, 15) is 24.3 Å². The highest BCUT2D eigenvalue weighted by Crippen LogP contribution is 2.32. The van der Waals surface area contributed by atoms with E-state index in [0.717, 1.165) is 27.1 Å². The first kappa shape index (κ1) is 18.4. The van der Waals surface area contributed by atoms with Crippen LogP contribution < -0.4 is 16.6 Å². The van der Waals surface area contributed by atoms with Crippen molar-refractivity contribution in [2.75, 3.05) is 5.73 Å². The van der Waals surface area contributed by atoms with E-state index in [2.05, 4.69) is 10.3 Å². The Hall–Kier alpha value is -4.66. The number of fused-ring (bicyclic) bond motifs is 2. The summed E-state index contributed by atoms with van der Waals surface area (Å²) < 4.78 is 0.946. The topological polar surface area (TPSA) is 147 Å². The second-order valence-corrected chi connectivity index (χ2v) is 7.06. The molecule has 0 atom stereocenters. The van der Waals surface area contributed by atoms with E-state index < -0.39 is 23.3 Å². The van der Waals surface area contributed by atoms with Crippen molar-refractivity contribution >= 4 is 34.5 Å². The molecular weight excluding hydrogens is 400 g/mol. The lowest BCUT2D eigenvalue weighted by Gasteiger charge is -2.16. The third-order valence-electron chi connectivity index (χ3n) is 5.33. The third kappa shape index (κ3) is 2.64. The number of aromatic carboxylic acids is 1. The number of carboxylic acids is 1. The maximum atomic E-state index is 12.8. The van der Waals surface area contributed by atoms with Crippen LogP contribution in [-0.2, 0) is 0 Å². The number of nitrogen functional groups attached to an aromatic ring is 1. The Balaban J connectivity index is 1.82. The van der Waals surface area contributed by atoms with E-state index in [0.29, 0.717) is 5.56 Å². The summed E-state index contributed by atoms with van der Waals surface area (Å²) in [5.41, 5.74) is 7.28. The average Bonchev–Trinajstić information content (AvgIpc) is 3.32. The fourth-order valence-electron chi connectivity index (χ4n) is 3.93. The van der Waals surface area contributed by atoms with Crippen LogP contribution in [0.3, 0.4) is 0 Å². The summed E-state index contributed by atoms with van der Waals surface area (Å²) in [5.74, 6) is -3.03. The molecule has 0 unspecified atom stereocenters. The van der Waals surface area contributed by atoms with Crippen molar-refractivity contribution in [3.05, 3.63) is 81.8 Å². The number of imide groups is 1. The van der Waals surface area contributed by atoms with Crippen LogP contribution in [0.4, 0.5) is 5.82 Å². The number of carbonyl (C=O) groups excluding carboxylic acids is 2. The Morgan fingerprint density at radius 1 is 0.968 bits per heavy atom. The minimum Gasteiger partial charge on any atom is -0.478 e. The van der Waals surface area contributed by atoms with Crippen molar-refractivity contribution in [1.82, 2.24) is 14.9 Å². The van der Waals surface area contributed by atoms with Gasteiger partial charge in [0.05, 0.1) is 22.4 Å². The Bertz CT molecular complexity index is 1510. The van der Waals surface area contributed by atoms with E-state index in [-0.39, 0.29) is 28.2 Å². The van der Waals surface area contributed by atoms with Gasteiger partial charge in [0, 0.05) is 23.2 Å². The minimum atomic E-state index is -1.27. The SMILES string of the molecule is Nc1c2c(cc(=O)n1-c1cc(-c3cccc4[nH]ccc34)ccc1C(=O)O)C(=O)NC2=O. The smallest absolute Gasteiger partial charge is 0.337 e. The van der Waals surface area contributed by atoms with Crippen LogP contribution in [0.25, 0.3) is 27.7 Å². The zero-order valence-electron chi connectivity index (χ0n) is 15.8. The van der Waals surface area contributed by atoms with E-state index in [1.165, 1.54) is 12.1 Å². The number of amides is 2. The van der Waals surface area contributed by atoms with Crippen LogP contribution in [0, 0.1) is 0 Å². The van der Waals surface area contributed by atoms with Crippen molar-refractivity contribution in [2.24, 2.45) is 0 Å². The highest BCUT2D eigenvalue weighted by Gasteiger charge is 2.32. The molecule has 2 aromatic carbocycles. The predicted molar refractivity (Wildman–Crippen MR) is 113 cm³/mol. The molecule has 0 spiro atoms. The van der Waals surface area contributed by atoms with Crippen LogP contribution >= 0.6 is 0 Å². The second-order valence-electron chi connectivity index (χ2n) is 7.06. The lowest BCUT2D eigenvalue weighted by molar-refractivity contribution is 0.0696. The number of aromatic amines is 1. The van der Waals surface area contributed by atoms with Crippen LogP contribution in [0.1, 0.15) is 31.1 Å². The summed E-state index contributed by atoms with van der Waals surface area (Å²) in [6.45, 7) is 0. The second kappa shape index (κ2) is 6.42. The number of rotatable bonds is 3. The number of pyridine rings is 1. The van der Waals surface area contributed by atoms with E-state index in [4.69, 9.17) is 5.73 Å². The molecule has 1 aliphatic heterocycles. The summed E-state index contributed by atoms with van der Waals surface area (Å²) in [5, 5.41) is 12.7. The third-order valence-corrected chi connectivity index (χ3v) is 5.33. The molecule has 0 bridgehead atoms. The van der Waals surface area contributed by atoms with Gasteiger partial charge in [-0.05, 0) is 35.4 Å². The number of hydrogen-bond acceptors (Lipinski definition) is 5. The molecule has 5 N–H and O–H groups in total. The van der Waals surface area contributed by atoms with Crippen LogP contribution in [0.2, 0.25) is 0 Å². The molecule has 9 heteroatoms. The number of nitrogens with zero attached hydrogens (tertiary/aromatic N) is 1. The standard InChI is InChI=1S/C22H14N4O5/c23-19-18-14(20(28)25-21(18)29)9-17(27)26(19)16-8-10(4-5-13(16)22(30)31)11-2-1-3-15-12(11)6-7-24-15/h1-9,24H,23H2,(H,30,31)(H,25,28,29). The Kier molecular flexibility index (Phi) is 3.81. The number of hydrogen-bond donors (Lipinski definition) is 4. The molecule has 2 aromatic heterocycles. The number of benzene rings is 2. The molecule has 152 valence electrons. The molecule has 9 nitrogen and oxygen atoms in total. The molecule has 31 heavy (non-hydrogen) atoms. The van der Waals surface area contributed by atoms with Crippen LogP contribution in [0.5, 0.6) is 0 Å². The highest BCUT2D eigenvalue weighted by atomic mass is 16.4. The van der Waals surface area contributed by atoms with Gasteiger partial charge < -0.3 is 15.8 Å². The Morgan fingerprint density at radius 2 is 1.77 bits per heavy atom. The predicted octanol–water partition coefficient (Wildman–Crippen LogP) is 2.15. The van der Waals surface area contributed by atoms with E-state index in [1.807, 2.05) is 24.3 Å². The number of carboxylic acid groups (broad SMARTS) is 1. The van der Waals surface area contributed by atoms with Gasteiger partial charge in [-0.2, -0.15) is 0 Å². The molecule has 5 rings (SSSR count). The fourth-order valence-corrected chi connectivity index (χ4v) is 3.93. The Morgan fingerprint density at radius 3 is 2.55 bits per heavy atom. The Labute approximate surface area is 173 Å². The zero-order chi connectivity index (χ0) is 21.9. The molecule has 0 aliphatic carbocycles. The van der Waals surface area contributed by atoms with E-state index in [1.54, 1.807) is 12.3 Å². The molecule has 0 saturated carbocycles. The number of nitrogens with one attached hydrogen (secondary N) is 2. The first-order valence-electron chi connectivity index (χ1n) is 9.22. The number of anilines is 1. The van der Waals surface area contributed by atoms with Crippen molar-refractivity contribution < 1.29 is 19.5 Å². The average molecular weight is 414 g/mol. The molecule has 1 aliphatic rings. The van der Waals surface area contributed by atoms with Gasteiger partial charge in [0.1, 0.15) is 5.82 Å². The lowest BCUT2D eigenvalue weighted by Crippen LogP contribution is -2.25. The highest BCUT2D eigenvalue weighted by molar-refractivity contribution is 6.23. The monoisotopic (exact) mass is 414 g/mol. The van der Waals surface area contributed by atoms with Gasteiger partial charge in [0.15, 0.2) is 0 Å². The molecular formula is C22H14N4O5. The van der Waals surface area contributed by atoms with Crippen molar-refractivity contribution in [3.8, 4) is 16.8 Å². The number of nitrogens with two attached hydrogens (primary N) is 1. The van der Waals surface area contributed by atoms with Gasteiger partial charge in [0.2, 0.25) is 0 Å². The summed E-state index contributed by atoms with van der Waals surface area (Å²) in [6.07, 6.45) is 1.79. The summed E-state index contributed by atoms with van der Waals surface area (Å²) >= 11 is 0. The van der Waals surface area contributed by atoms with E-state index >= 15 is 0 Å². The van der Waals surface area contributed by atoms with Gasteiger partial charge in [-0.1, -0.05) is 18.2 Å². The zero-order valence-corrected chi connectivity index (χ0v) is 15.8. The molecule has 0 saturated heterocycles. The maximum absolute atomic E-state index is 12.8. The van der Waals surface area contributed by atoms with Crippen molar-refractivity contribution in [2.45, 2.75) is 0 Å². The first-order valence-corrected chi connectivity index (χ1v) is 9.22. The first-order chi connectivity index (χ1) is 14.9. The van der Waals surface area contributed by atoms with Crippen LogP contribution in [0.15, 0.2) is 59.5 Å². The molecule has 0 radical (unpaired) electrons. The van der Waals surface area contributed by atoms with Gasteiger partial charge in [-0.25, -0.2) is 4.79 Å². The largest absolute Gasteiger partial charge is 0.478 e. The van der Waals surface area contributed by atoms with Gasteiger partial charge in [0.25, 0.3) is 17.4 Å². The van der Waals surface area contributed by atoms with Gasteiger partial charge in [-0.15, -0.1) is 0 Å². The summed E-state index contributed by atoms with van der Waals surface area (Å²) in [7, 11) is 0. The molecule has 2 amide bonds. The summed E-state index contributed by atoms with van der Waals surface area (Å²) in [4.78, 5) is 51.9. The molecule has 3 heterocycles. The molecule has 0 fully saturated rings. The normalized spacial score (nSPS) is 12.8. The number of H-pyrrole nitrogens is 1. The van der Waals surface area contributed by atoms with Crippen LogP contribution in [-0.4, -0.2) is 32.4 Å². The lowest BCUT2D eigenvalue weighted by atomic mass is 9.99. The van der Waals surface area contributed by atoms with Gasteiger partial charge in [-0.3, -0.25) is 24.3 Å².